The number of hydrogen-bond donors (Lipinski definition) is 0. The van der Waals surface area contributed by atoms with Crippen molar-refractivity contribution in [1.82, 2.24) is 24.6 Å². The molecule has 2 saturated heterocycles. The lowest BCUT2D eigenvalue weighted by atomic mass is 9.96. The lowest BCUT2D eigenvalue weighted by Crippen LogP contribution is -2.39. The minimum atomic E-state index is -0.188. The molecule has 27 heavy (non-hydrogen) atoms. The standard InChI is InChI=1S/C20H35N5O2/c1-20(2,3)15-27-19(26)25-12-8-16(9-13-25)18-22-21-17(23(18)4)14-24-10-6-5-7-11-24/h16H,5-15H2,1-4H3. The van der Waals surface area contributed by atoms with E-state index in [-0.39, 0.29) is 11.5 Å². The topological polar surface area (TPSA) is 63.5 Å². The Morgan fingerprint density at radius 3 is 2.37 bits per heavy atom. The van der Waals surface area contributed by atoms with Gasteiger partial charge in [0.2, 0.25) is 0 Å². The van der Waals surface area contributed by atoms with Crippen molar-refractivity contribution in [2.45, 2.75) is 65.3 Å². The highest BCUT2D eigenvalue weighted by atomic mass is 16.6. The Kier molecular flexibility index (Phi) is 6.40. The van der Waals surface area contributed by atoms with Crippen molar-refractivity contribution < 1.29 is 9.53 Å². The highest BCUT2D eigenvalue weighted by Crippen LogP contribution is 2.27. The fourth-order valence-electron chi connectivity index (χ4n) is 3.88. The second-order valence-electron chi connectivity index (χ2n) is 9.25. The van der Waals surface area contributed by atoms with Crippen LogP contribution in [0.25, 0.3) is 0 Å². The lowest BCUT2D eigenvalue weighted by molar-refractivity contribution is 0.0651. The minimum absolute atomic E-state index is 0.00261. The van der Waals surface area contributed by atoms with E-state index in [4.69, 9.17) is 4.74 Å². The van der Waals surface area contributed by atoms with Crippen molar-refractivity contribution in [1.29, 1.82) is 0 Å². The molecule has 2 aliphatic rings. The van der Waals surface area contributed by atoms with Crippen molar-refractivity contribution in [2.24, 2.45) is 12.5 Å². The van der Waals surface area contributed by atoms with Gasteiger partial charge in [-0.2, -0.15) is 0 Å². The molecule has 0 radical (unpaired) electrons. The van der Waals surface area contributed by atoms with Crippen LogP contribution in [0.2, 0.25) is 0 Å². The van der Waals surface area contributed by atoms with Gasteiger partial charge >= 0.3 is 6.09 Å². The van der Waals surface area contributed by atoms with E-state index in [1.54, 1.807) is 0 Å². The third-order valence-electron chi connectivity index (χ3n) is 5.56. The van der Waals surface area contributed by atoms with Gasteiger partial charge in [0.1, 0.15) is 11.6 Å². The van der Waals surface area contributed by atoms with Gasteiger partial charge in [-0.25, -0.2) is 4.79 Å². The van der Waals surface area contributed by atoms with E-state index >= 15 is 0 Å². The first kappa shape index (κ1) is 20.1. The summed E-state index contributed by atoms with van der Waals surface area (Å²) in [5.41, 5.74) is -0.00261. The first-order valence-corrected chi connectivity index (χ1v) is 10.4. The van der Waals surface area contributed by atoms with Crippen LogP contribution >= 0.6 is 0 Å². The maximum absolute atomic E-state index is 12.2. The molecule has 0 N–H and O–H groups in total. The number of aromatic nitrogens is 3. The van der Waals surface area contributed by atoms with Gasteiger partial charge in [-0.15, -0.1) is 10.2 Å². The number of hydrogen-bond acceptors (Lipinski definition) is 5. The monoisotopic (exact) mass is 377 g/mol. The first-order valence-electron chi connectivity index (χ1n) is 10.4. The van der Waals surface area contributed by atoms with Crippen molar-refractivity contribution in [2.75, 3.05) is 32.8 Å². The number of rotatable bonds is 4. The number of amides is 1. The van der Waals surface area contributed by atoms with Crippen LogP contribution in [0.4, 0.5) is 4.79 Å². The summed E-state index contributed by atoms with van der Waals surface area (Å²) in [6.07, 6.45) is 5.56. The van der Waals surface area contributed by atoms with Crippen LogP contribution in [0.5, 0.6) is 0 Å². The van der Waals surface area contributed by atoms with E-state index in [1.807, 2.05) is 4.90 Å². The second-order valence-corrected chi connectivity index (χ2v) is 9.25. The molecule has 7 heteroatoms. The number of likely N-dealkylation sites (tertiary alicyclic amines) is 2. The van der Waals surface area contributed by atoms with Gasteiger partial charge in [-0.05, 0) is 44.2 Å². The zero-order valence-electron chi connectivity index (χ0n) is 17.4. The van der Waals surface area contributed by atoms with Crippen LogP contribution in [0.3, 0.4) is 0 Å². The molecule has 3 rings (SSSR count). The van der Waals surface area contributed by atoms with Gasteiger partial charge < -0.3 is 14.2 Å². The third kappa shape index (κ3) is 5.43. The van der Waals surface area contributed by atoms with Crippen molar-refractivity contribution >= 4 is 6.09 Å². The second kappa shape index (κ2) is 8.59. The number of nitrogens with zero attached hydrogens (tertiary/aromatic N) is 5. The largest absolute Gasteiger partial charge is 0.449 e. The van der Waals surface area contributed by atoms with Gasteiger partial charge in [0.25, 0.3) is 0 Å². The summed E-state index contributed by atoms with van der Waals surface area (Å²) in [4.78, 5) is 16.5. The van der Waals surface area contributed by atoms with Crippen molar-refractivity contribution in [3.05, 3.63) is 11.6 Å². The number of ether oxygens (including phenoxy) is 1. The molecule has 0 saturated carbocycles. The third-order valence-corrected chi connectivity index (χ3v) is 5.56. The molecule has 0 atom stereocenters. The molecule has 2 fully saturated rings. The first-order chi connectivity index (χ1) is 12.8. The van der Waals surface area contributed by atoms with Gasteiger partial charge in [0, 0.05) is 26.1 Å². The molecule has 0 aliphatic carbocycles. The van der Waals surface area contributed by atoms with Crippen LogP contribution < -0.4 is 0 Å². The van der Waals surface area contributed by atoms with E-state index in [9.17, 15) is 4.79 Å². The fraction of sp³-hybridized carbons (Fsp3) is 0.850. The van der Waals surface area contributed by atoms with Crippen LogP contribution in [0.1, 0.15) is 70.4 Å². The quantitative estimate of drug-likeness (QED) is 0.806. The summed E-state index contributed by atoms with van der Waals surface area (Å²) in [6.45, 7) is 11.3. The molecule has 0 aromatic carbocycles. The number of carbonyl (C=O) groups excluding carboxylic acids is 1. The van der Waals surface area contributed by atoms with Gasteiger partial charge in [0.15, 0.2) is 0 Å². The highest BCUT2D eigenvalue weighted by molar-refractivity contribution is 5.67. The Labute approximate surface area is 163 Å². The molecular weight excluding hydrogens is 342 g/mol. The molecular formula is C20H35N5O2. The van der Waals surface area contributed by atoms with Gasteiger partial charge in [-0.1, -0.05) is 27.2 Å². The Balaban J connectivity index is 1.51. The summed E-state index contributed by atoms with van der Waals surface area (Å²) in [6, 6.07) is 0. The van der Waals surface area contributed by atoms with Crippen LogP contribution in [-0.2, 0) is 18.3 Å². The molecule has 0 unspecified atom stereocenters. The smallest absolute Gasteiger partial charge is 0.409 e. The molecule has 1 aromatic heterocycles. The van der Waals surface area contributed by atoms with Crippen LogP contribution in [0.15, 0.2) is 0 Å². The van der Waals surface area contributed by atoms with Crippen molar-refractivity contribution in [3.8, 4) is 0 Å². The van der Waals surface area contributed by atoms with E-state index in [2.05, 4.69) is 47.5 Å². The summed E-state index contributed by atoms with van der Waals surface area (Å²) in [5.74, 6) is 2.48. The average Bonchev–Trinajstić information content (AvgIpc) is 3.00. The average molecular weight is 378 g/mol. The van der Waals surface area contributed by atoms with Gasteiger partial charge in [-0.3, -0.25) is 4.90 Å². The predicted octanol–water partition coefficient (Wildman–Crippen LogP) is 3.16. The Hall–Kier alpha value is -1.63. The molecule has 1 amide bonds. The molecule has 0 spiro atoms. The molecule has 3 heterocycles. The summed E-state index contributed by atoms with van der Waals surface area (Å²) in [5, 5.41) is 8.96. The Morgan fingerprint density at radius 2 is 1.74 bits per heavy atom. The molecule has 2 aliphatic heterocycles. The minimum Gasteiger partial charge on any atom is -0.449 e. The SMILES string of the molecule is Cn1c(CN2CCCCC2)nnc1C1CCN(C(=O)OCC(C)(C)C)CC1. The Morgan fingerprint density at radius 1 is 1.07 bits per heavy atom. The van der Waals surface area contributed by atoms with E-state index in [0.29, 0.717) is 12.5 Å². The molecule has 1 aromatic rings. The maximum Gasteiger partial charge on any atom is 0.409 e. The zero-order valence-corrected chi connectivity index (χ0v) is 17.4. The van der Waals surface area contributed by atoms with Crippen molar-refractivity contribution in [3.63, 3.8) is 0 Å². The molecule has 0 bridgehead atoms. The normalized spacial score (nSPS) is 20.1. The number of piperidine rings is 2. The van der Waals surface area contributed by atoms with Crippen LogP contribution in [-0.4, -0.2) is 63.4 Å². The van der Waals surface area contributed by atoms with E-state index in [0.717, 1.165) is 57.2 Å². The molecule has 7 nitrogen and oxygen atoms in total. The number of carbonyl (C=O) groups is 1. The fourth-order valence-corrected chi connectivity index (χ4v) is 3.88. The summed E-state index contributed by atoms with van der Waals surface area (Å²) in [7, 11) is 2.08. The molecule has 152 valence electrons. The lowest BCUT2D eigenvalue weighted by Gasteiger charge is -2.31. The van der Waals surface area contributed by atoms with E-state index in [1.165, 1.54) is 19.3 Å². The van der Waals surface area contributed by atoms with Gasteiger partial charge in [0.05, 0.1) is 13.2 Å². The van der Waals surface area contributed by atoms with E-state index < -0.39 is 0 Å². The Bertz CT molecular complexity index is 623. The maximum atomic E-state index is 12.2. The highest BCUT2D eigenvalue weighted by Gasteiger charge is 2.29. The van der Waals surface area contributed by atoms with Crippen LogP contribution in [0, 0.1) is 5.41 Å². The zero-order chi connectivity index (χ0) is 19.4. The predicted molar refractivity (Wildman–Crippen MR) is 104 cm³/mol. The summed E-state index contributed by atoms with van der Waals surface area (Å²) < 4.78 is 7.62. The summed E-state index contributed by atoms with van der Waals surface area (Å²) >= 11 is 0.